The molecule has 0 aromatic carbocycles. The van der Waals surface area contributed by atoms with Crippen molar-refractivity contribution in [2.24, 2.45) is 40.4 Å². The first-order valence-electron chi connectivity index (χ1n) is 11.5. The van der Waals surface area contributed by atoms with Gasteiger partial charge >= 0.3 is 5.97 Å². The third-order valence-corrected chi connectivity index (χ3v) is 9.56. The van der Waals surface area contributed by atoms with Gasteiger partial charge in [0.25, 0.3) is 10.1 Å². The molecule has 0 aromatic rings. The normalized spacial score (nSPS) is 42.0. The summed E-state index contributed by atoms with van der Waals surface area (Å²) >= 11 is 0. The summed E-state index contributed by atoms with van der Waals surface area (Å²) in [6, 6.07) is 0. The Bertz CT molecular complexity index is 774. The van der Waals surface area contributed by atoms with Crippen LogP contribution in [-0.2, 0) is 23.8 Å². The molecule has 3 saturated carbocycles. The van der Waals surface area contributed by atoms with Gasteiger partial charge in [-0.2, -0.15) is 8.42 Å². The van der Waals surface area contributed by atoms with Crippen LogP contribution in [0.2, 0.25) is 0 Å². The molecule has 0 bridgehead atoms. The molecule has 0 aliphatic heterocycles. The van der Waals surface area contributed by atoms with Gasteiger partial charge in [0.2, 0.25) is 0 Å². The maximum Gasteiger partial charge on any atom is 0.302 e. The van der Waals surface area contributed by atoms with E-state index < -0.39 is 10.1 Å². The molecule has 0 N–H and O–H groups in total. The lowest BCUT2D eigenvalue weighted by Gasteiger charge is -2.56. The van der Waals surface area contributed by atoms with Crippen molar-refractivity contribution in [3.63, 3.8) is 0 Å². The van der Waals surface area contributed by atoms with Crippen molar-refractivity contribution < 1.29 is 22.1 Å². The van der Waals surface area contributed by atoms with E-state index in [1.807, 2.05) is 0 Å². The third-order valence-electron chi connectivity index (χ3n) is 9.00. The first kappa shape index (κ1) is 23.8. The number of carbonyl (C=O) groups is 1. The van der Waals surface area contributed by atoms with Gasteiger partial charge in [0, 0.05) is 6.92 Å². The Morgan fingerprint density at radius 2 is 1.83 bits per heavy atom. The first-order chi connectivity index (χ1) is 13.9. The van der Waals surface area contributed by atoms with E-state index in [1.54, 1.807) is 0 Å². The lowest BCUT2D eigenvalue weighted by atomic mass is 9.49. The standard InChI is InChI=1S/C24H40O5S/c1-16-9-11-24(5,19(13-16)14-28-18(3)25)22-10-12-23(4)17(2)7-8-21(23)20(22)15-29-30(6,26)27/h16,19-22H,2,7-15H2,1,3-6H3/t16-,19+,20-,21?,22?,23+,24-/m0/s1. The van der Waals surface area contributed by atoms with Crippen molar-refractivity contribution >= 4 is 16.1 Å². The highest BCUT2D eigenvalue weighted by Gasteiger charge is 2.57. The van der Waals surface area contributed by atoms with E-state index in [4.69, 9.17) is 8.92 Å². The fraction of sp³-hybridized carbons (Fsp3) is 0.875. The van der Waals surface area contributed by atoms with Crippen LogP contribution < -0.4 is 0 Å². The number of allylic oxidation sites excluding steroid dienone is 1. The summed E-state index contributed by atoms with van der Waals surface area (Å²) in [5.74, 6) is 1.62. The van der Waals surface area contributed by atoms with Crippen molar-refractivity contribution in [2.75, 3.05) is 19.5 Å². The van der Waals surface area contributed by atoms with Gasteiger partial charge in [-0.05, 0) is 78.9 Å². The molecule has 3 aliphatic rings. The van der Waals surface area contributed by atoms with Crippen molar-refractivity contribution in [3.05, 3.63) is 12.2 Å². The predicted molar refractivity (Wildman–Crippen MR) is 118 cm³/mol. The summed E-state index contributed by atoms with van der Waals surface area (Å²) in [6.07, 6.45) is 8.67. The first-order valence-corrected chi connectivity index (χ1v) is 13.3. The molecule has 30 heavy (non-hydrogen) atoms. The molecule has 0 spiro atoms. The average Bonchev–Trinajstić information content (AvgIpc) is 2.95. The van der Waals surface area contributed by atoms with Gasteiger partial charge < -0.3 is 4.74 Å². The van der Waals surface area contributed by atoms with Gasteiger partial charge in [0.05, 0.1) is 19.5 Å². The lowest BCUT2D eigenvalue weighted by molar-refractivity contribution is -0.148. The Labute approximate surface area is 183 Å². The highest BCUT2D eigenvalue weighted by Crippen LogP contribution is 2.63. The molecular formula is C24H40O5S. The molecule has 3 rings (SSSR count). The van der Waals surface area contributed by atoms with Crippen LogP contribution in [0.3, 0.4) is 0 Å². The molecular weight excluding hydrogens is 400 g/mol. The van der Waals surface area contributed by atoms with Crippen LogP contribution in [0.1, 0.15) is 72.6 Å². The van der Waals surface area contributed by atoms with E-state index in [-0.39, 0.29) is 29.3 Å². The number of fused-ring (bicyclic) bond motifs is 1. The van der Waals surface area contributed by atoms with E-state index in [0.29, 0.717) is 30.3 Å². The molecule has 0 aromatic heterocycles. The lowest BCUT2D eigenvalue weighted by Crippen LogP contribution is -2.51. The number of carbonyl (C=O) groups excluding carboxylic acids is 1. The minimum absolute atomic E-state index is 0.0126. The highest BCUT2D eigenvalue weighted by molar-refractivity contribution is 7.85. The molecule has 3 fully saturated rings. The second-order valence-corrected chi connectivity index (χ2v) is 12.5. The summed E-state index contributed by atoms with van der Waals surface area (Å²) in [4.78, 5) is 11.5. The summed E-state index contributed by atoms with van der Waals surface area (Å²) in [5, 5.41) is 0. The van der Waals surface area contributed by atoms with Crippen molar-refractivity contribution in [2.45, 2.75) is 72.6 Å². The van der Waals surface area contributed by atoms with Gasteiger partial charge in [0.1, 0.15) is 0 Å². The van der Waals surface area contributed by atoms with E-state index in [1.165, 1.54) is 12.5 Å². The van der Waals surface area contributed by atoms with Gasteiger partial charge in [-0.3, -0.25) is 8.98 Å². The molecule has 5 nitrogen and oxygen atoms in total. The fourth-order valence-corrected chi connectivity index (χ4v) is 7.45. The third kappa shape index (κ3) is 4.64. The number of hydrogen-bond donors (Lipinski definition) is 0. The van der Waals surface area contributed by atoms with Crippen molar-refractivity contribution in [1.82, 2.24) is 0 Å². The van der Waals surface area contributed by atoms with Gasteiger partial charge in [-0.1, -0.05) is 39.3 Å². The molecule has 172 valence electrons. The number of rotatable bonds is 6. The van der Waals surface area contributed by atoms with Crippen LogP contribution >= 0.6 is 0 Å². The number of hydrogen-bond acceptors (Lipinski definition) is 5. The molecule has 2 unspecified atom stereocenters. The predicted octanol–water partition coefficient (Wildman–Crippen LogP) is 4.97. The minimum atomic E-state index is -3.50. The van der Waals surface area contributed by atoms with Crippen LogP contribution in [0.25, 0.3) is 0 Å². The van der Waals surface area contributed by atoms with E-state index in [0.717, 1.165) is 51.2 Å². The van der Waals surface area contributed by atoms with Crippen molar-refractivity contribution in [3.8, 4) is 0 Å². The second kappa shape index (κ2) is 8.57. The SMILES string of the molecule is C=C1CCC2[C@H](COS(C)(=O)=O)C([C@@]3(C)CC[C@H](C)C[C@@H]3COC(C)=O)CC[C@]12C. The van der Waals surface area contributed by atoms with Gasteiger partial charge in [-0.25, -0.2) is 0 Å². The van der Waals surface area contributed by atoms with Crippen LogP contribution in [-0.4, -0.2) is 33.9 Å². The highest BCUT2D eigenvalue weighted by atomic mass is 32.2. The smallest absolute Gasteiger partial charge is 0.302 e. The van der Waals surface area contributed by atoms with E-state index >= 15 is 0 Å². The molecule has 0 amide bonds. The Morgan fingerprint density at radius 3 is 2.47 bits per heavy atom. The summed E-state index contributed by atoms with van der Waals surface area (Å²) in [6.45, 7) is 13.5. The Morgan fingerprint density at radius 1 is 1.13 bits per heavy atom. The van der Waals surface area contributed by atoms with Gasteiger partial charge in [-0.15, -0.1) is 0 Å². The molecule has 0 radical (unpaired) electrons. The molecule has 3 aliphatic carbocycles. The molecule has 7 atom stereocenters. The minimum Gasteiger partial charge on any atom is -0.466 e. The molecule has 0 saturated heterocycles. The van der Waals surface area contributed by atoms with Crippen LogP contribution in [0.5, 0.6) is 0 Å². The zero-order chi connectivity index (χ0) is 22.3. The van der Waals surface area contributed by atoms with E-state index in [2.05, 4.69) is 27.4 Å². The quantitative estimate of drug-likeness (QED) is 0.331. The van der Waals surface area contributed by atoms with Crippen LogP contribution in [0.15, 0.2) is 12.2 Å². The fourth-order valence-electron chi connectivity index (χ4n) is 7.05. The average molecular weight is 441 g/mol. The topological polar surface area (TPSA) is 69.7 Å². The monoisotopic (exact) mass is 440 g/mol. The zero-order valence-electron chi connectivity index (χ0n) is 19.4. The largest absolute Gasteiger partial charge is 0.466 e. The van der Waals surface area contributed by atoms with Crippen LogP contribution in [0, 0.1) is 40.4 Å². The summed E-state index contributed by atoms with van der Waals surface area (Å²) in [5.41, 5.74) is 1.40. The van der Waals surface area contributed by atoms with E-state index in [9.17, 15) is 13.2 Å². The van der Waals surface area contributed by atoms with Crippen molar-refractivity contribution in [1.29, 1.82) is 0 Å². The van der Waals surface area contributed by atoms with Crippen LogP contribution in [0.4, 0.5) is 0 Å². The maximum atomic E-state index is 11.9. The van der Waals surface area contributed by atoms with Gasteiger partial charge in [0.15, 0.2) is 0 Å². The zero-order valence-corrected chi connectivity index (χ0v) is 20.2. The number of esters is 1. The summed E-state index contributed by atoms with van der Waals surface area (Å²) < 4.78 is 34.7. The Hall–Kier alpha value is -0.880. The Balaban J connectivity index is 1.93. The second-order valence-electron chi connectivity index (χ2n) is 10.8. The molecule has 0 heterocycles. The summed E-state index contributed by atoms with van der Waals surface area (Å²) in [7, 11) is -3.50. The number of ether oxygens (including phenoxy) is 1. The Kier molecular flexibility index (Phi) is 6.79. The maximum absolute atomic E-state index is 11.9. The molecule has 6 heteroatoms.